The Labute approximate surface area is 66.2 Å². The lowest BCUT2D eigenvalue weighted by molar-refractivity contribution is -0.0745. The molecule has 0 aliphatic carbocycles. The molecule has 0 bridgehead atoms. The predicted molar refractivity (Wildman–Crippen MR) is 38.8 cm³/mol. The standard InChI is InChI=1S/C6H12ClO3/c1-8-5(4-7)6(9-2)10-3/h5H,4H2,1-3H3. The van der Waals surface area contributed by atoms with Gasteiger partial charge in [-0.05, 0) is 0 Å². The molecule has 0 amide bonds. The maximum Gasteiger partial charge on any atom is 0.254 e. The Morgan fingerprint density at radius 2 is 1.80 bits per heavy atom. The van der Waals surface area contributed by atoms with Gasteiger partial charge in [-0.1, -0.05) is 0 Å². The highest BCUT2D eigenvalue weighted by Crippen LogP contribution is 2.12. The van der Waals surface area contributed by atoms with E-state index < -0.39 is 0 Å². The van der Waals surface area contributed by atoms with Gasteiger partial charge in [0, 0.05) is 21.3 Å². The van der Waals surface area contributed by atoms with Gasteiger partial charge < -0.3 is 14.2 Å². The molecule has 1 radical (unpaired) electrons. The molecule has 0 fully saturated rings. The van der Waals surface area contributed by atoms with Gasteiger partial charge in [-0.15, -0.1) is 11.6 Å². The van der Waals surface area contributed by atoms with E-state index in [2.05, 4.69) is 0 Å². The van der Waals surface area contributed by atoms with Gasteiger partial charge in [0.1, 0.15) is 6.10 Å². The zero-order valence-electron chi connectivity index (χ0n) is 6.39. The average molecular weight is 168 g/mol. The van der Waals surface area contributed by atoms with E-state index in [1.807, 2.05) is 0 Å². The lowest BCUT2D eigenvalue weighted by atomic mass is 10.4. The second-order valence-corrected chi connectivity index (χ2v) is 1.91. The van der Waals surface area contributed by atoms with Crippen LogP contribution in [0, 0.1) is 6.29 Å². The van der Waals surface area contributed by atoms with Gasteiger partial charge in [-0.25, -0.2) is 0 Å². The number of halogens is 1. The molecule has 1 unspecified atom stereocenters. The Morgan fingerprint density at radius 1 is 1.30 bits per heavy atom. The molecule has 0 aromatic heterocycles. The number of methoxy groups -OCH3 is 3. The molecule has 0 saturated heterocycles. The molecule has 0 aromatic rings. The third-order valence-electron chi connectivity index (χ3n) is 1.09. The second-order valence-electron chi connectivity index (χ2n) is 1.61. The maximum absolute atomic E-state index is 5.51. The first-order valence-corrected chi connectivity index (χ1v) is 3.37. The summed E-state index contributed by atoms with van der Waals surface area (Å²) in [5.74, 6) is 0.327. The van der Waals surface area contributed by atoms with Crippen molar-refractivity contribution in [1.82, 2.24) is 0 Å². The Hall–Kier alpha value is 0.170. The summed E-state index contributed by atoms with van der Waals surface area (Å²) in [5, 5.41) is 0. The van der Waals surface area contributed by atoms with Crippen molar-refractivity contribution in [1.29, 1.82) is 0 Å². The number of rotatable bonds is 5. The topological polar surface area (TPSA) is 27.7 Å². The summed E-state index contributed by atoms with van der Waals surface area (Å²) in [6.45, 7) is 0. The van der Waals surface area contributed by atoms with Crippen molar-refractivity contribution in [2.45, 2.75) is 6.10 Å². The molecule has 10 heavy (non-hydrogen) atoms. The third-order valence-corrected chi connectivity index (χ3v) is 1.37. The monoisotopic (exact) mass is 167 g/mol. The minimum absolute atomic E-state index is 0.281. The van der Waals surface area contributed by atoms with Gasteiger partial charge in [-0.3, -0.25) is 0 Å². The SMILES string of the molecule is CO[C](OC)C(CCl)OC. The van der Waals surface area contributed by atoms with Crippen LogP contribution in [-0.2, 0) is 14.2 Å². The molecule has 0 heterocycles. The molecule has 0 aromatic carbocycles. The zero-order chi connectivity index (χ0) is 7.98. The van der Waals surface area contributed by atoms with E-state index in [4.69, 9.17) is 25.8 Å². The van der Waals surface area contributed by atoms with Crippen LogP contribution in [0.1, 0.15) is 0 Å². The van der Waals surface area contributed by atoms with Crippen LogP contribution in [-0.4, -0.2) is 33.3 Å². The van der Waals surface area contributed by atoms with Crippen LogP contribution in [0.4, 0.5) is 0 Å². The van der Waals surface area contributed by atoms with Crippen molar-refractivity contribution in [3.63, 3.8) is 0 Å². The minimum atomic E-state index is -0.281. The van der Waals surface area contributed by atoms with E-state index in [0.717, 1.165) is 0 Å². The van der Waals surface area contributed by atoms with Crippen LogP contribution in [0.5, 0.6) is 0 Å². The van der Waals surface area contributed by atoms with E-state index >= 15 is 0 Å². The molecule has 0 rings (SSSR count). The van der Waals surface area contributed by atoms with E-state index in [1.165, 1.54) is 14.2 Å². The molecular weight excluding hydrogens is 156 g/mol. The summed E-state index contributed by atoms with van der Waals surface area (Å²) in [4.78, 5) is 0. The van der Waals surface area contributed by atoms with Gasteiger partial charge >= 0.3 is 0 Å². The minimum Gasteiger partial charge on any atom is -0.374 e. The van der Waals surface area contributed by atoms with E-state index in [0.29, 0.717) is 12.2 Å². The van der Waals surface area contributed by atoms with Crippen LogP contribution < -0.4 is 0 Å². The van der Waals surface area contributed by atoms with E-state index in [-0.39, 0.29) is 6.10 Å². The molecular formula is C6H12ClO3. The van der Waals surface area contributed by atoms with Crippen molar-refractivity contribution in [3.05, 3.63) is 6.29 Å². The van der Waals surface area contributed by atoms with Crippen molar-refractivity contribution >= 4 is 11.6 Å². The summed E-state index contributed by atoms with van der Waals surface area (Å²) < 4.78 is 14.6. The van der Waals surface area contributed by atoms with Crippen molar-refractivity contribution < 1.29 is 14.2 Å². The van der Waals surface area contributed by atoms with Crippen LogP contribution >= 0.6 is 11.6 Å². The summed E-state index contributed by atoms with van der Waals surface area (Å²) in [6, 6.07) is 0. The van der Waals surface area contributed by atoms with Gasteiger partial charge in [0.05, 0.1) is 5.88 Å². The molecule has 3 nitrogen and oxygen atoms in total. The lowest BCUT2D eigenvalue weighted by Gasteiger charge is -2.18. The molecule has 0 aliphatic rings. The normalized spacial score (nSPS) is 14.1. The number of ether oxygens (including phenoxy) is 3. The van der Waals surface area contributed by atoms with Crippen LogP contribution in [0.2, 0.25) is 0 Å². The summed E-state index contributed by atoms with van der Waals surface area (Å²) in [6.07, 6.45) is 0.120. The first-order valence-electron chi connectivity index (χ1n) is 2.83. The smallest absolute Gasteiger partial charge is 0.254 e. The highest BCUT2D eigenvalue weighted by molar-refractivity contribution is 6.18. The molecule has 0 saturated carbocycles. The highest BCUT2D eigenvalue weighted by atomic mass is 35.5. The Bertz CT molecular complexity index is 61.4. The molecule has 61 valence electrons. The Kier molecular flexibility index (Phi) is 6.02. The van der Waals surface area contributed by atoms with Crippen molar-refractivity contribution in [3.8, 4) is 0 Å². The Morgan fingerprint density at radius 3 is 1.90 bits per heavy atom. The van der Waals surface area contributed by atoms with Gasteiger partial charge in [0.15, 0.2) is 0 Å². The maximum atomic E-state index is 5.51. The lowest BCUT2D eigenvalue weighted by Crippen LogP contribution is -2.25. The van der Waals surface area contributed by atoms with Crippen LogP contribution in [0.3, 0.4) is 0 Å². The molecule has 0 aliphatic heterocycles. The molecule has 4 heteroatoms. The van der Waals surface area contributed by atoms with Gasteiger partial charge in [0.25, 0.3) is 6.29 Å². The number of hydrogen-bond acceptors (Lipinski definition) is 3. The molecule has 0 spiro atoms. The van der Waals surface area contributed by atoms with Gasteiger partial charge in [0.2, 0.25) is 0 Å². The third kappa shape index (κ3) is 2.84. The Balaban J connectivity index is 3.70. The molecule has 1 atom stereocenters. The first kappa shape index (κ1) is 10.2. The van der Waals surface area contributed by atoms with E-state index in [1.54, 1.807) is 7.11 Å². The molecule has 0 N–H and O–H groups in total. The van der Waals surface area contributed by atoms with Crippen LogP contribution in [0.25, 0.3) is 0 Å². The van der Waals surface area contributed by atoms with Gasteiger partial charge in [-0.2, -0.15) is 0 Å². The fourth-order valence-electron chi connectivity index (χ4n) is 0.568. The average Bonchev–Trinajstić information content (AvgIpc) is 2.00. The predicted octanol–water partition coefficient (Wildman–Crippen LogP) is 1.02. The van der Waals surface area contributed by atoms with Crippen LogP contribution in [0.15, 0.2) is 0 Å². The fraction of sp³-hybridized carbons (Fsp3) is 0.833. The summed E-state index contributed by atoms with van der Waals surface area (Å²) in [5.41, 5.74) is 0. The summed E-state index contributed by atoms with van der Waals surface area (Å²) in [7, 11) is 4.57. The van der Waals surface area contributed by atoms with E-state index in [9.17, 15) is 0 Å². The van der Waals surface area contributed by atoms with Crippen molar-refractivity contribution in [2.24, 2.45) is 0 Å². The fourth-order valence-corrected chi connectivity index (χ4v) is 0.820. The second kappa shape index (κ2) is 5.92. The first-order chi connectivity index (χ1) is 4.79. The number of hydrogen-bond donors (Lipinski definition) is 0. The summed E-state index contributed by atoms with van der Waals surface area (Å²) >= 11 is 5.51. The zero-order valence-corrected chi connectivity index (χ0v) is 7.14. The highest BCUT2D eigenvalue weighted by Gasteiger charge is 2.20. The largest absolute Gasteiger partial charge is 0.374 e. The quantitative estimate of drug-likeness (QED) is 0.573. The number of alkyl halides is 1. The van der Waals surface area contributed by atoms with Crippen molar-refractivity contribution in [2.75, 3.05) is 27.2 Å².